The van der Waals surface area contributed by atoms with Gasteiger partial charge in [-0.2, -0.15) is 13.2 Å². The minimum Gasteiger partial charge on any atom is -0.383 e. The second kappa shape index (κ2) is 6.38. The first-order valence-corrected chi connectivity index (χ1v) is 5.61. The zero-order valence-corrected chi connectivity index (χ0v) is 10.3. The van der Waals surface area contributed by atoms with Crippen molar-refractivity contribution in [2.45, 2.75) is 25.2 Å². The molecule has 1 atom stereocenters. The van der Waals surface area contributed by atoms with Gasteiger partial charge in [-0.3, -0.25) is 9.59 Å². The van der Waals surface area contributed by atoms with Gasteiger partial charge in [0.05, 0.1) is 12.0 Å². The van der Waals surface area contributed by atoms with E-state index in [1.165, 1.54) is 18.2 Å². The molecule has 0 heterocycles. The Labute approximate surface area is 112 Å². The molecule has 4 N–H and O–H groups in total. The van der Waals surface area contributed by atoms with E-state index < -0.39 is 42.6 Å². The molecule has 0 aromatic heterocycles. The standard InChI is InChI=1S/C12H13F3N2O3/c13-12(14,15)8-4-2-1-3-7(8)6-17-11(20)9(18)5-10(16)19/h1-4,9,18H,5-6H2,(H2,16,19)(H,17,20). The number of hydrogen-bond acceptors (Lipinski definition) is 3. The number of rotatable bonds is 5. The topological polar surface area (TPSA) is 92.4 Å². The summed E-state index contributed by atoms with van der Waals surface area (Å²) in [5.41, 5.74) is 3.78. The third kappa shape index (κ3) is 4.54. The Morgan fingerprint density at radius 2 is 1.90 bits per heavy atom. The maximum absolute atomic E-state index is 12.7. The number of carbonyl (C=O) groups is 2. The molecular formula is C12H13F3N2O3. The summed E-state index contributed by atoms with van der Waals surface area (Å²) < 4.78 is 38.0. The van der Waals surface area contributed by atoms with E-state index in [0.717, 1.165) is 6.07 Å². The molecule has 0 saturated heterocycles. The van der Waals surface area contributed by atoms with Gasteiger partial charge < -0.3 is 16.2 Å². The summed E-state index contributed by atoms with van der Waals surface area (Å²) >= 11 is 0. The monoisotopic (exact) mass is 290 g/mol. The fraction of sp³-hybridized carbons (Fsp3) is 0.333. The first-order valence-electron chi connectivity index (χ1n) is 5.61. The highest BCUT2D eigenvalue weighted by Gasteiger charge is 2.33. The minimum absolute atomic E-state index is 0.139. The highest BCUT2D eigenvalue weighted by atomic mass is 19.4. The van der Waals surface area contributed by atoms with Crippen molar-refractivity contribution in [2.75, 3.05) is 0 Å². The number of hydrogen-bond donors (Lipinski definition) is 3. The maximum Gasteiger partial charge on any atom is 0.416 e. The Bertz CT molecular complexity index is 503. The Kier molecular flexibility index (Phi) is 5.09. The molecule has 2 amide bonds. The number of primary amides is 1. The number of aliphatic hydroxyl groups excluding tert-OH is 1. The highest BCUT2D eigenvalue weighted by molar-refractivity contribution is 5.86. The number of alkyl halides is 3. The first kappa shape index (κ1) is 16.0. The molecule has 0 fully saturated rings. The van der Waals surface area contributed by atoms with E-state index >= 15 is 0 Å². The smallest absolute Gasteiger partial charge is 0.383 e. The van der Waals surface area contributed by atoms with Crippen molar-refractivity contribution in [3.63, 3.8) is 0 Å². The lowest BCUT2D eigenvalue weighted by Crippen LogP contribution is -2.37. The van der Waals surface area contributed by atoms with E-state index in [0.29, 0.717) is 0 Å². The van der Waals surface area contributed by atoms with Gasteiger partial charge in [0, 0.05) is 6.54 Å². The van der Waals surface area contributed by atoms with E-state index in [1.807, 2.05) is 0 Å². The van der Waals surface area contributed by atoms with Crippen LogP contribution in [0.1, 0.15) is 17.5 Å². The van der Waals surface area contributed by atoms with Gasteiger partial charge >= 0.3 is 6.18 Å². The molecule has 1 aromatic rings. The van der Waals surface area contributed by atoms with Crippen LogP contribution in [0.3, 0.4) is 0 Å². The number of nitrogens with one attached hydrogen (secondary N) is 1. The molecule has 0 aliphatic heterocycles. The molecule has 0 aliphatic rings. The molecule has 20 heavy (non-hydrogen) atoms. The molecule has 8 heteroatoms. The van der Waals surface area contributed by atoms with Crippen molar-refractivity contribution in [2.24, 2.45) is 5.73 Å². The van der Waals surface area contributed by atoms with Gasteiger partial charge in [0.25, 0.3) is 0 Å². The third-order valence-electron chi connectivity index (χ3n) is 2.47. The Morgan fingerprint density at radius 1 is 1.30 bits per heavy atom. The molecule has 110 valence electrons. The number of aliphatic hydroxyl groups is 1. The summed E-state index contributed by atoms with van der Waals surface area (Å²) in [6.45, 7) is -0.412. The van der Waals surface area contributed by atoms with Gasteiger partial charge in [-0.05, 0) is 11.6 Å². The van der Waals surface area contributed by atoms with Crippen molar-refractivity contribution in [3.05, 3.63) is 35.4 Å². The molecule has 0 spiro atoms. The van der Waals surface area contributed by atoms with Crippen LogP contribution in [-0.4, -0.2) is 23.0 Å². The summed E-state index contributed by atoms with van der Waals surface area (Å²) in [5, 5.41) is 11.4. The van der Waals surface area contributed by atoms with Crippen LogP contribution in [0.5, 0.6) is 0 Å². The van der Waals surface area contributed by atoms with Crippen molar-refractivity contribution >= 4 is 11.8 Å². The first-order chi connectivity index (χ1) is 9.21. The molecule has 0 saturated carbocycles. The van der Waals surface area contributed by atoms with Crippen LogP contribution in [0.25, 0.3) is 0 Å². The molecule has 1 rings (SSSR count). The van der Waals surface area contributed by atoms with Crippen LogP contribution >= 0.6 is 0 Å². The predicted octanol–water partition coefficient (Wildman–Crippen LogP) is 0.558. The van der Waals surface area contributed by atoms with Crippen molar-refractivity contribution < 1.29 is 27.9 Å². The summed E-state index contributed by atoms with van der Waals surface area (Å²) in [7, 11) is 0. The lowest BCUT2D eigenvalue weighted by molar-refractivity contribution is -0.138. The van der Waals surface area contributed by atoms with E-state index in [-0.39, 0.29) is 5.56 Å². The number of nitrogens with two attached hydrogens (primary N) is 1. The van der Waals surface area contributed by atoms with E-state index in [2.05, 4.69) is 5.32 Å². The summed E-state index contributed by atoms with van der Waals surface area (Å²) in [5.74, 6) is -1.84. The van der Waals surface area contributed by atoms with Gasteiger partial charge in [0.1, 0.15) is 6.10 Å². The second-order valence-corrected chi connectivity index (χ2v) is 4.06. The fourth-order valence-corrected chi connectivity index (χ4v) is 1.53. The predicted molar refractivity (Wildman–Crippen MR) is 63.1 cm³/mol. The van der Waals surface area contributed by atoms with Gasteiger partial charge in [0.2, 0.25) is 11.8 Å². The van der Waals surface area contributed by atoms with Gasteiger partial charge in [0.15, 0.2) is 0 Å². The van der Waals surface area contributed by atoms with Crippen LogP contribution in [0.2, 0.25) is 0 Å². The van der Waals surface area contributed by atoms with Crippen molar-refractivity contribution in [3.8, 4) is 0 Å². The van der Waals surface area contributed by atoms with E-state index in [1.54, 1.807) is 0 Å². The number of carbonyl (C=O) groups excluding carboxylic acids is 2. The largest absolute Gasteiger partial charge is 0.416 e. The lowest BCUT2D eigenvalue weighted by Gasteiger charge is -2.14. The molecule has 0 aliphatic carbocycles. The number of halogens is 3. The normalized spacial score (nSPS) is 12.8. The van der Waals surface area contributed by atoms with E-state index in [4.69, 9.17) is 5.73 Å². The van der Waals surface area contributed by atoms with Crippen LogP contribution in [-0.2, 0) is 22.3 Å². The van der Waals surface area contributed by atoms with Gasteiger partial charge in [-0.25, -0.2) is 0 Å². The maximum atomic E-state index is 12.7. The van der Waals surface area contributed by atoms with Crippen LogP contribution in [0.4, 0.5) is 13.2 Å². The summed E-state index contributed by atoms with van der Waals surface area (Å²) in [4.78, 5) is 21.9. The van der Waals surface area contributed by atoms with E-state index in [9.17, 15) is 27.9 Å². The third-order valence-corrected chi connectivity index (χ3v) is 2.47. The SMILES string of the molecule is NC(=O)CC(O)C(=O)NCc1ccccc1C(F)(F)F. The Morgan fingerprint density at radius 3 is 2.45 bits per heavy atom. The summed E-state index contributed by atoms with van der Waals surface area (Å²) in [6.07, 6.45) is -6.80. The van der Waals surface area contributed by atoms with Gasteiger partial charge in [-0.15, -0.1) is 0 Å². The Hall–Kier alpha value is -2.09. The highest BCUT2D eigenvalue weighted by Crippen LogP contribution is 2.31. The van der Waals surface area contributed by atoms with Gasteiger partial charge in [-0.1, -0.05) is 18.2 Å². The lowest BCUT2D eigenvalue weighted by atomic mass is 10.1. The average molecular weight is 290 g/mol. The summed E-state index contributed by atoms with van der Waals surface area (Å²) in [6, 6.07) is 4.73. The quantitative estimate of drug-likeness (QED) is 0.739. The van der Waals surface area contributed by atoms with Crippen LogP contribution in [0, 0.1) is 0 Å². The Balaban J connectivity index is 2.71. The molecule has 1 aromatic carbocycles. The second-order valence-electron chi connectivity index (χ2n) is 4.06. The number of benzene rings is 1. The van der Waals surface area contributed by atoms with Crippen molar-refractivity contribution in [1.29, 1.82) is 0 Å². The fourth-order valence-electron chi connectivity index (χ4n) is 1.53. The molecule has 5 nitrogen and oxygen atoms in total. The molecular weight excluding hydrogens is 277 g/mol. The van der Waals surface area contributed by atoms with Crippen molar-refractivity contribution in [1.82, 2.24) is 5.32 Å². The average Bonchev–Trinajstić information content (AvgIpc) is 2.34. The van der Waals surface area contributed by atoms with Crippen LogP contribution < -0.4 is 11.1 Å². The van der Waals surface area contributed by atoms with Crippen LogP contribution in [0.15, 0.2) is 24.3 Å². The molecule has 0 bridgehead atoms. The zero-order valence-electron chi connectivity index (χ0n) is 10.3. The minimum atomic E-state index is -4.53. The molecule has 0 radical (unpaired) electrons. The molecule has 1 unspecified atom stereocenters. The number of amides is 2. The zero-order chi connectivity index (χ0) is 15.3.